The van der Waals surface area contributed by atoms with E-state index in [1.54, 1.807) is 0 Å². The number of hydrogen-bond acceptors (Lipinski definition) is 1. The van der Waals surface area contributed by atoms with E-state index < -0.39 is 0 Å². The Morgan fingerprint density at radius 2 is 1.33 bits per heavy atom. The molecule has 0 N–H and O–H groups in total. The van der Waals surface area contributed by atoms with Crippen LogP contribution in [-0.2, 0) is 12.8 Å². The van der Waals surface area contributed by atoms with E-state index in [1.807, 2.05) is 18.2 Å². The van der Waals surface area contributed by atoms with Gasteiger partial charge in [-0.1, -0.05) is 121 Å². The topological polar surface area (TPSA) is 28.7 Å². The molecule has 1 aliphatic rings. The van der Waals surface area contributed by atoms with Crippen LogP contribution >= 0.6 is 0 Å². The van der Waals surface area contributed by atoms with Crippen LogP contribution in [0.1, 0.15) is 46.9 Å². The number of nitrogens with zero attached hydrogens (tertiary/aromatic N) is 2. The maximum atomic E-state index is 9.56. The van der Waals surface area contributed by atoms with Crippen LogP contribution in [0.25, 0.3) is 56.0 Å². The Hall–Kier alpha value is -5.91. The van der Waals surface area contributed by atoms with E-state index in [-0.39, 0.29) is 0 Å². The van der Waals surface area contributed by atoms with Gasteiger partial charge in [0.15, 0.2) is 0 Å². The highest BCUT2D eigenvalue weighted by atomic mass is 15.0. The summed E-state index contributed by atoms with van der Waals surface area (Å²) >= 11 is 0. The summed E-state index contributed by atoms with van der Waals surface area (Å²) in [6, 6.07) is 52.4. The van der Waals surface area contributed by atoms with Gasteiger partial charge in [0, 0.05) is 22.3 Å². The number of aryl methyl sites for hydroxylation is 1. The van der Waals surface area contributed by atoms with Gasteiger partial charge in [0.05, 0.1) is 17.1 Å². The highest BCUT2D eigenvalue weighted by Gasteiger charge is 2.20. The zero-order chi connectivity index (χ0) is 32.6. The third-order valence-corrected chi connectivity index (χ3v) is 9.81. The molecule has 0 saturated heterocycles. The van der Waals surface area contributed by atoms with Crippen LogP contribution in [0.15, 0.2) is 145 Å². The smallest absolute Gasteiger partial charge is 0.0991 e. The molecule has 8 rings (SSSR count). The largest absolute Gasteiger partial charge is 0.313 e. The van der Waals surface area contributed by atoms with Crippen molar-refractivity contribution in [1.82, 2.24) is 4.57 Å². The lowest BCUT2D eigenvalue weighted by Crippen LogP contribution is -2.04. The Balaban J connectivity index is 1.17. The van der Waals surface area contributed by atoms with Gasteiger partial charge in [-0.3, -0.25) is 0 Å². The molecule has 0 radical (unpaired) electrons. The molecular formula is C46H36N2. The lowest BCUT2D eigenvalue weighted by Gasteiger charge is -2.17. The van der Waals surface area contributed by atoms with Crippen molar-refractivity contribution >= 4 is 17.0 Å². The van der Waals surface area contributed by atoms with Gasteiger partial charge >= 0.3 is 0 Å². The fraction of sp³-hybridized carbons (Fsp3) is 0.109. The van der Waals surface area contributed by atoms with Gasteiger partial charge in [-0.25, -0.2) is 0 Å². The predicted octanol–water partition coefficient (Wildman–Crippen LogP) is 11.8. The molecule has 2 nitrogen and oxygen atoms in total. The summed E-state index contributed by atoms with van der Waals surface area (Å²) in [5, 5.41) is 10.9. The molecule has 0 bridgehead atoms. The molecule has 0 saturated carbocycles. The first-order chi connectivity index (χ1) is 23.6. The standard InChI is InChI=1S/C46H36N2/c1-31-21-24-46-44(25-31)42-19-7-8-20-45(42)48(46)38-15-10-14-37(29-38)40-17-6-5-16-39(40)36-13-9-11-33(27-36)26-35-12-3-4-18-41(35)43-28-34(30-47)23-22-32(43)2/h3-20,22-23,25,27-29H,21,24,26H2,1-2H3. The summed E-state index contributed by atoms with van der Waals surface area (Å²) in [6.45, 7) is 4.36. The SMILES string of the molecule is CC1=Cc2c(n(-c3cccc(-c4ccccc4-c4cccc(Cc5ccccc5-c5cc(C#N)ccc5C)c4)c3)c3ccccc23)CC1. The van der Waals surface area contributed by atoms with E-state index in [0.717, 1.165) is 24.8 Å². The highest BCUT2D eigenvalue weighted by Crippen LogP contribution is 2.38. The number of allylic oxidation sites excluding steroid dienone is 1. The van der Waals surface area contributed by atoms with Gasteiger partial charge in [0.1, 0.15) is 0 Å². The summed E-state index contributed by atoms with van der Waals surface area (Å²) in [5.74, 6) is 0. The van der Waals surface area contributed by atoms with E-state index in [0.29, 0.717) is 5.56 Å². The van der Waals surface area contributed by atoms with Crippen LogP contribution in [0, 0.1) is 18.3 Å². The van der Waals surface area contributed by atoms with E-state index >= 15 is 0 Å². The number of para-hydroxylation sites is 1. The molecule has 1 heterocycles. The van der Waals surface area contributed by atoms with Crippen LogP contribution in [-0.4, -0.2) is 4.57 Å². The Labute approximate surface area is 282 Å². The van der Waals surface area contributed by atoms with Crippen LogP contribution < -0.4 is 0 Å². The van der Waals surface area contributed by atoms with Crippen molar-refractivity contribution in [1.29, 1.82) is 5.26 Å². The van der Waals surface area contributed by atoms with Gasteiger partial charge < -0.3 is 4.57 Å². The molecule has 0 spiro atoms. The summed E-state index contributed by atoms with van der Waals surface area (Å²) in [7, 11) is 0. The Bertz CT molecular complexity index is 2410. The Kier molecular flexibility index (Phi) is 7.59. The summed E-state index contributed by atoms with van der Waals surface area (Å²) in [5.41, 5.74) is 18.2. The molecule has 0 aliphatic heterocycles. The fourth-order valence-electron chi connectivity index (χ4n) is 7.44. The molecule has 6 aromatic carbocycles. The molecule has 48 heavy (non-hydrogen) atoms. The van der Waals surface area contributed by atoms with Gasteiger partial charge in [-0.05, 0) is 114 Å². The molecule has 2 heteroatoms. The average molecular weight is 617 g/mol. The summed E-state index contributed by atoms with van der Waals surface area (Å²) in [6.07, 6.45) is 5.33. The van der Waals surface area contributed by atoms with Crippen molar-refractivity contribution in [3.05, 3.63) is 179 Å². The molecular weight excluding hydrogens is 581 g/mol. The van der Waals surface area contributed by atoms with Crippen LogP contribution in [0.3, 0.4) is 0 Å². The molecule has 0 unspecified atom stereocenters. The molecule has 1 aliphatic carbocycles. The Morgan fingerprint density at radius 1 is 0.625 bits per heavy atom. The van der Waals surface area contributed by atoms with Gasteiger partial charge in [0.25, 0.3) is 0 Å². The van der Waals surface area contributed by atoms with E-state index in [9.17, 15) is 5.26 Å². The number of benzene rings is 6. The third kappa shape index (κ3) is 5.34. The van der Waals surface area contributed by atoms with Gasteiger partial charge in [0.2, 0.25) is 0 Å². The first-order valence-electron chi connectivity index (χ1n) is 16.7. The molecule has 0 fully saturated rings. The van der Waals surface area contributed by atoms with Crippen molar-refractivity contribution in [2.45, 2.75) is 33.1 Å². The first-order valence-corrected chi connectivity index (χ1v) is 16.7. The van der Waals surface area contributed by atoms with Gasteiger partial charge in [-0.2, -0.15) is 5.26 Å². The zero-order valence-corrected chi connectivity index (χ0v) is 27.4. The summed E-state index contributed by atoms with van der Waals surface area (Å²) < 4.78 is 2.48. The average Bonchev–Trinajstić information content (AvgIpc) is 3.46. The van der Waals surface area contributed by atoms with Gasteiger partial charge in [-0.15, -0.1) is 0 Å². The summed E-state index contributed by atoms with van der Waals surface area (Å²) in [4.78, 5) is 0. The number of nitriles is 1. The Morgan fingerprint density at radius 3 is 2.15 bits per heavy atom. The van der Waals surface area contributed by atoms with Crippen LogP contribution in [0.2, 0.25) is 0 Å². The second-order valence-corrected chi connectivity index (χ2v) is 13.0. The second-order valence-electron chi connectivity index (χ2n) is 13.0. The van der Waals surface area contributed by atoms with E-state index in [4.69, 9.17) is 0 Å². The van der Waals surface area contributed by atoms with E-state index in [1.165, 1.54) is 77.9 Å². The number of fused-ring (bicyclic) bond motifs is 3. The van der Waals surface area contributed by atoms with Crippen LogP contribution in [0.5, 0.6) is 0 Å². The van der Waals surface area contributed by atoms with Crippen molar-refractivity contribution in [2.24, 2.45) is 0 Å². The van der Waals surface area contributed by atoms with Crippen molar-refractivity contribution in [3.63, 3.8) is 0 Å². The van der Waals surface area contributed by atoms with Crippen molar-refractivity contribution in [2.75, 3.05) is 0 Å². The minimum absolute atomic E-state index is 0.685. The molecule has 0 atom stereocenters. The normalized spacial score (nSPS) is 12.4. The number of hydrogen-bond donors (Lipinski definition) is 0. The van der Waals surface area contributed by atoms with Crippen molar-refractivity contribution < 1.29 is 0 Å². The minimum Gasteiger partial charge on any atom is -0.313 e. The van der Waals surface area contributed by atoms with Crippen LogP contribution in [0.4, 0.5) is 0 Å². The minimum atomic E-state index is 0.685. The lowest BCUT2D eigenvalue weighted by molar-refractivity contribution is 0.856. The second kappa shape index (κ2) is 12.4. The highest BCUT2D eigenvalue weighted by molar-refractivity contribution is 5.94. The predicted molar refractivity (Wildman–Crippen MR) is 200 cm³/mol. The third-order valence-electron chi connectivity index (χ3n) is 9.81. The first kappa shape index (κ1) is 29.5. The molecule has 7 aromatic rings. The van der Waals surface area contributed by atoms with E-state index in [2.05, 4.69) is 152 Å². The number of aromatic nitrogens is 1. The number of rotatable bonds is 6. The quantitative estimate of drug-likeness (QED) is 0.183. The monoisotopic (exact) mass is 616 g/mol. The lowest BCUT2D eigenvalue weighted by atomic mass is 9.90. The fourth-order valence-corrected chi connectivity index (χ4v) is 7.44. The maximum absolute atomic E-state index is 9.56. The molecule has 1 aromatic heterocycles. The molecule has 0 amide bonds. The van der Waals surface area contributed by atoms with Crippen molar-refractivity contribution in [3.8, 4) is 45.1 Å². The zero-order valence-electron chi connectivity index (χ0n) is 27.4. The maximum Gasteiger partial charge on any atom is 0.0991 e. The molecule has 230 valence electrons.